The normalized spacial score (nSPS) is 17.9. The molecule has 3 aromatic rings. The molecule has 0 amide bonds. The SMILES string of the molecule is Cc1cc(Nc2ncn(-c3ccccc3)n2)nc(N2CC(N3CCOCC3)C2)c1.[HH]. The number of pyridine rings is 1. The summed E-state index contributed by atoms with van der Waals surface area (Å²) < 4.78 is 7.21. The Labute approximate surface area is 171 Å². The molecule has 2 aliphatic heterocycles. The van der Waals surface area contributed by atoms with Crippen molar-refractivity contribution in [3.63, 3.8) is 0 Å². The summed E-state index contributed by atoms with van der Waals surface area (Å²) in [5.41, 5.74) is 2.13. The number of rotatable bonds is 5. The second kappa shape index (κ2) is 7.81. The van der Waals surface area contributed by atoms with Gasteiger partial charge in [-0.15, -0.1) is 5.10 Å². The van der Waals surface area contributed by atoms with Gasteiger partial charge in [0.15, 0.2) is 0 Å². The number of benzene rings is 1. The van der Waals surface area contributed by atoms with Crippen LogP contribution in [0.3, 0.4) is 0 Å². The van der Waals surface area contributed by atoms with Crippen LogP contribution < -0.4 is 10.2 Å². The second-order valence-electron chi connectivity index (χ2n) is 7.57. The van der Waals surface area contributed by atoms with Gasteiger partial charge in [-0.25, -0.2) is 9.67 Å². The van der Waals surface area contributed by atoms with Gasteiger partial charge in [0.1, 0.15) is 18.0 Å². The topological polar surface area (TPSA) is 71.3 Å². The summed E-state index contributed by atoms with van der Waals surface area (Å²) in [5, 5.41) is 7.75. The molecule has 0 unspecified atom stereocenters. The number of aryl methyl sites for hydroxylation is 1. The fraction of sp³-hybridized carbons (Fsp3) is 0.381. The first kappa shape index (κ1) is 18.1. The van der Waals surface area contributed by atoms with E-state index in [0.29, 0.717) is 12.0 Å². The van der Waals surface area contributed by atoms with Crippen LogP contribution in [0, 0.1) is 6.92 Å². The van der Waals surface area contributed by atoms with Crippen molar-refractivity contribution in [1.82, 2.24) is 24.6 Å². The fourth-order valence-corrected chi connectivity index (χ4v) is 3.83. The summed E-state index contributed by atoms with van der Waals surface area (Å²) in [6, 6.07) is 14.7. The summed E-state index contributed by atoms with van der Waals surface area (Å²) in [6.07, 6.45) is 1.71. The summed E-state index contributed by atoms with van der Waals surface area (Å²) in [7, 11) is 0. The van der Waals surface area contributed by atoms with Crippen LogP contribution in [0.15, 0.2) is 48.8 Å². The Morgan fingerprint density at radius 3 is 2.69 bits per heavy atom. The molecule has 152 valence electrons. The number of para-hydroxylation sites is 1. The largest absolute Gasteiger partial charge is 0.379 e. The van der Waals surface area contributed by atoms with Crippen molar-refractivity contribution < 1.29 is 6.16 Å². The van der Waals surface area contributed by atoms with E-state index in [1.807, 2.05) is 36.4 Å². The van der Waals surface area contributed by atoms with E-state index < -0.39 is 0 Å². The Morgan fingerprint density at radius 1 is 1.10 bits per heavy atom. The molecule has 4 heterocycles. The third-order valence-corrected chi connectivity index (χ3v) is 5.46. The summed E-state index contributed by atoms with van der Waals surface area (Å²) in [4.78, 5) is 14.0. The van der Waals surface area contributed by atoms with Crippen molar-refractivity contribution in [3.05, 3.63) is 54.4 Å². The molecule has 2 aromatic heterocycles. The lowest BCUT2D eigenvalue weighted by atomic mass is 10.1. The van der Waals surface area contributed by atoms with E-state index >= 15 is 0 Å². The molecule has 8 nitrogen and oxygen atoms in total. The number of anilines is 3. The Morgan fingerprint density at radius 2 is 1.90 bits per heavy atom. The molecule has 5 rings (SSSR count). The van der Waals surface area contributed by atoms with E-state index in [4.69, 9.17) is 9.72 Å². The van der Waals surface area contributed by atoms with E-state index in [1.54, 1.807) is 11.0 Å². The van der Waals surface area contributed by atoms with Crippen molar-refractivity contribution in [1.29, 1.82) is 0 Å². The minimum absolute atomic E-state index is 0. The van der Waals surface area contributed by atoms with E-state index in [-0.39, 0.29) is 1.43 Å². The van der Waals surface area contributed by atoms with Crippen molar-refractivity contribution in [2.45, 2.75) is 13.0 Å². The van der Waals surface area contributed by atoms with Crippen molar-refractivity contribution >= 4 is 17.6 Å². The van der Waals surface area contributed by atoms with Crippen LogP contribution in [0.25, 0.3) is 5.69 Å². The third kappa shape index (κ3) is 3.94. The fourth-order valence-electron chi connectivity index (χ4n) is 3.83. The molecule has 29 heavy (non-hydrogen) atoms. The van der Waals surface area contributed by atoms with E-state index in [0.717, 1.165) is 62.3 Å². The first-order valence-electron chi connectivity index (χ1n) is 10.0. The molecule has 0 aliphatic carbocycles. The molecule has 0 bridgehead atoms. The smallest absolute Gasteiger partial charge is 0.248 e. The Hall–Kier alpha value is -2.97. The zero-order valence-corrected chi connectivity index (χ0v) is 16.5. The number of aromatic nitrogens is 4. The van der Waals surface area contributed by atoms with Gasteiger partial charge in [-0.2, -0.15) is 4.98 Å². The number of nitrogens with one attached hydrogen (secondary N) is 1. The maximum absolute atomic E-state index is 5.46. The Balaban J connectivity index is 0.00000218. The molecule has 0 radical (unpaired) electrons. The van der Waals surface area contributed by atoms with Crippen LogP contribution in [0.5, 0.6) is 0 Å². The molecule has 8 heteroatoms. The highest BCUT2D eigenvalue weighted by molar-refractivity contribution is 5.56. The average Bonchev–Trinajstić information content (AvgIpc) is 3.16. The van der Waals surface area contributed by atoms with Gasteiger partial charge in [-0.3, -0.25) is 4.90 Å². The highest BCUT2D eigenvalue weighted by Crippen LogP contribution is 2.26. The highest BCUT2D eigenvalue weighted by Gasteiger charge is 2.33. The maximum atomic E-state index is 5.46. The van der Waals surface area contributed by atoms with Gasteiger partial charge in [-0.05, 0) is 36.8 Å². The Bertz CT molecular complexity index is 968. The minimum Gasteiger partial charge on any atom is -0.379 e. The van der Waals surface area contributed by atoms with Crippen LogP contribution in [-0.2, 0) is 4.74 Å². The Kier molecular flexibility index (Phi) is 4.87. The quantitative estimate of drug-likeness (QED) is 0.714. The third-order valence-electron chi connectivity index (χ3n) is 5.46. The molecular formula is C21H27N7O. The predicted molar refractivity (Wildman–Crippen MR) is 114 cm³/mol. The number of ether oxygens (including phenoxy) is 1. The summed E-state index contributed by atoms with van der Waals surface area (Å²) >= 11 is 0. The number of nitrogens with zero attached hydrogens (tertiary/aromatic N) is 6. The standard InChI is InChI=1S/C21H25N7O.H2/c1-16-11-19(24-21-22-15-28(25-21)17-5-3-2-4-6-17)23-20(12-16)27-13-18(14-27)26-7-9-29-10-8-26;/h2-6,11-12,15,18H,7-10,13-14H2,1H3,(H,23,24,25);1H. The summed E-state index contributed by atoms with van der Waals surface area (Å²) in [5.74, 6) is 2.30. The highest BCUT2D eigenvalue weighted by atomic mass is 16.5. The number of hydrogen-bond donors (Lipinski definition) is 1. The summed E-state index contributed by atoms with van der Waals surface area (Å²) in [6.45, 7) is 7.86. The molecule has 2 saturated heterocycles. The molecule has 0 saturated carbocycles. The van der Waals surface area contributed by atoms with Gasteiger partial charge in [0.25, 0.3) is 0 Å². The van der Waals surface area contributed by atoms with Gasteiger partial charge in [0.2, 0.25) is 5.95 Å². The van der Waals surface area contributed by atoms with Crippen molar-refractivity contribution in [2.75, 3.05) is 49.6 Å². The van der Waals surface area contributed by atoms with Crippen molar-refractivity contribution in [2.24, 2.45) is 0 Å². The predicted octanol–water partition coefficient (Wildman–Crippen LogP) is 2.48. The van der Waals surface area contributed by atoms with E-state index in [1.165, 1.54) is 0 Å². The van der Waals surface area contributed by atoms with Gasteiger partial charge in [0.05, 0.1) is 18.9 Å². The molecule has 1 N–H and O–H groups in total. The van der Waals surface area contributed by atoms with Crippen LogP contribution in [0.2, 0.25) is 0 Å². The van der Waals surface area contributed by atoms with Gasteiger partial charge in [-0.1, -0.05) is 18.2 Å². The van der Waals surface area contributed by atoms with Crippen LogP contribution in [0.1, 0.15) is 6.99 Å². The number of morpholine rings is 1. The molecule has 2 fully saturated rings. The van der Waals surface area contributed by atoms with Gasteiger partial charge >= 0.3 is 0 Å². The lowest BCUT2D eigenvalue weighted by molar-refractivity contribution is 0.0104. The zero-order valence-electron chi connectivity index (χ0n) is 16.5. The molecular weight excluding hydrogens is 366 g/mol. The van der Waals surface area contributed by atoms with E-state index in [2.05, 4.69) is 38.2 Å². The zero-order chi connectivity index (χ0) is 19.6. The van der Waals surface area contributed by atoms with E-state index in [9.17, 15) is 0 Å². The lowest BCUT2D eigenvalue weighted by Gasteiger charge is -2.47. The maximum Gasteiger partial charge on any atom is 0.248 e. The number of hydrogen-bond acceptors (Lipinski definition) is 7. The molecule has 2 aliphatic rings. The first-order valence-corrected chi connectivity index (χ1v) is 10.0. The average molecular weight is 393 g/mol. The molecule has 1 aromatic carbocycles. The van der Waals surface area contributed by atoms with Crippen LogP contribution in [0.4, 0.5) is 17.6 Å². The van der Waals surface area contributed by atoms with Crippen molar-refractivity contribution in [3.8, 4) is 5.69 Å². The lowest BCUT2D eigenvalue weighted by Crippen LogP contribution is -2.61. The van der Waals surface area contributed by atoms with Gasteiger partial charge in [0, 0.05) is 33.6 Å². The molecule has 0 spiro atoms. The second-order valence-corrected chi connectivity index (χ2v) is 7.57. The molecule has 0 atom stereocenters. The first-order chi connectivity index (χ1) is 14.2. The van der Waals surface area contributed by atoms with Crippen LogP contribution >= 0.6 is 0 Å². The monoisotopic (exact) mass is 393 g/mol. The van der Waals surface area contributed by atoms with Gasteiger partial charge < -0.3 is 15.0 Å². The minimum atomic E-state index is 0. The van der Waals surface area contributed by atoms with Crippen LogP contribution in [-0.4, -0.2) is 70.1 Å².